The first-order valence-electron chi connectivity index (χ1n) is 5.58. The lowest BCUT2D eigenvalue weighted by Gasteiger charge is -2.29. The minimum Gasteiger partial charge on any atom is -0.392 e. The van der Waals surface area contributed by atoms with Crippen LogP contribution in [0.15, 0.2) is 23.2 Å². The molecule has 7 heteroatoms. The fourth-order valence-electron chi connectivity index (χ4n) is 1.89. The molecule has 0 saturated carbocycles. The van der Waals surface area contributed by atoms with Crippen molar-refractivity contribution >= 4 is 10.0 Å². The highest BCUT2D eigenvalue weighted by atomic mass is 32.2. The van der Waals surface area contributed by atoms with Crippen molar-refractivity contribution in [3.05, 3.63) is 24.0 Å². The van der Waals surface area contributed by atoms with Crippen LogP contribution in [0.5, 0.6) is 0 Å². The number of aliphatic hydroxyl groups excluding tert-OH is 1. The van der Waals surface area contributed by atoms with Crippen molar-refractivity contribution < 1.29 is 13.5 Å². The van der Waals surface area contributed by atoms with E-state index in [1.807, 2.05) is 6.07 Å². The summed E-state index contributed by atoms with van der Waals surface area (Å²) in [5, 5.41) is 18.1. The molecule has 1 N–H and O–H groups in total. The largest absolute Gasteiger partial charge is 0.392 e. The van der Waals surface area contributed by atoms with Gasteiger partial charge in [0.15, 0.2) is 0 Å². The molecule has 1 aliphatic heterocycles. The van der Waals surface area contributed by atoms with Crippen molar-refractivity contribution in [1.82, 2.24) is 9.29 Å². The first-order chi connectivity index (χ1) is 8.54. The maximum Gasteiger partial charge on any atom is 0.244 e. The highest BCUT2D eigenvalue weighted by Gasteiger charge is 2.29. The molecule has 96 valence electrons. The SMILES string of the molecule is N#Cc1ccc(S(=O)(=O)N2CCC[C@H](O)C2)cn1. The number of piperidine rings is 1. The molecule has 0 spiro atoms. The number of aliphatic hydroxyl groups is 1. The Kier molecular flexibility index (Phi) is 3.61. The maximum atomic E-state index is 12.2. The Morgan fingerprint density at radius 1 is 1.50 bits per heavy atom. The minimum absolute atomic E-state index is 0.0515. The second-order valence-corrected chi connectivity index (χ2v) is 6.09. The first kappa shape index (κ1) is 13.0. The number of aromatic nitrogens is 1. The van der Waals surface area contributed by atoms with Gasteiger partial charge in [-0.15, -0.1) is 0 Å². The van der Waals surface area contributed by atoms with Crippen molar-refractivity contribution in [3.8, 4) is 6.07 Å². The third-order valence-corrected chi connectivity index (χ3v) is 4.70. The van der Waals surface area contributed by atoms with Crippen molar-refractivity contribution in [2.75, 3.05) is 13.1 Å². The van der Waals surface area contributed by atoms with E-state index in [-0.39, 0.29) is 17.1 Å². The number of nitriles is 1. The van der Waals surface area contributed by atoms with Crippen LogP contribution in [0.3, 0.4) is 0 Å². The zero-order chi connectivity index (χ0) is 13.2. The van der Waals surface area contributed by atoms with E-state index < -0.39 is 16.1 Å². The van der Waals surface area contributed by atoms with Crippen LogP contribution in [0.1, 0.15) is 18.5 Å². The first-order valence-corrected chi connectivity index (χ1v) is 7.02. The molecule has 2 heterocycles. The Morgan fingerprint density at radius 2 is 2.28 bits per heavy atom. The Labute approximate surface area is 106 Å². The third kappa shape index (κ3) is 2.51. The second kappa shape index (κ2) is 5.02. The molecule has 1 aliphatic rings. The molecule has 0 unspecified atom stereocenters. The fourth-order valence-corrected chi connectivity index (χ4v) is 3.35. The quantitative estimate of drug-likeness (QED) is 0.820. The van der Waals surface area contributed by atoms with E-state index in [0.717, 1.165) is 0 Å². The summed E-state index contributed by atoms with van der Waals surface area (Å²) in [6, 6.07) is 4.56. The summed E-state index contributed by atoms with van der Waals surface area (Å²) in [7, 11) is -3.62. The van der Waals surface area contributed by atoms with Gasteiger partial charge < -0.3 is 5.11 Å². The molecular weight excluding hydrogens is 254 g/mol. The van der Waals surface area contributed by atoms with Gasteiger partial charge in [0, 0.05) is 19.3 Å². The molecule has 0 aromatic carbocycles. The second-order valence-electron chi connectivity index (χ2n) is 4.15. The Hall–Kier alpha value is -1.49. The van der Waals surface area contributed by atoms with Gasteiger partial charge in [-0.2, -0.15) is 9.57 Å². The molecule has 1 saturated heterocycles. The summed E-state index contributed by atoms with van der Waals surface area (Å²) >= 11 is 0. The monoisotopic (exact) mass is 267 g/mol. The van der Waals surface area contributed by atoms with Crippen molar-refractivity contribution in [2.45, 2.75) is 23.8 Å². The number of sulfonamides is 1. The topological polar surface area (TPSA) is 94.3 Å². The Bertz CT molecular complexity index is 562. The lowest BCUT2D eigenvalue weighted by atomic mass is 10.1. The van der Waals surface area contributed by atoms with Gasteiger partial charge in [0.1, 0.15) is 16.7 Å². The number of β-amino-alcohol motifs (C(OH)–C–C–N with tert-alkyl or cyclic N) is 1. The average Bonchev–Trinajstić information content (AvgIpc) is 2.39. The molecule has 0 amide bonds. The van der Waals surface area contributed by atoms with Crippen molar-refractivity contribution in [3.63, 3.8) is 0 Å². The summed E-state index contributed by atoms with van der Waals surface area (Å²) in [5.41, 5.74) is 0.174. The molecular formula is C11H13N3O3S. The molecule has 1 aromatic rings. The molecule has 1 aromatic heterocycles. The Balaban J connectivity index is 2.27. The van der Waals surface area contributed by atoms with Crippen LogP contribution in [0.4, 0.5) is 0 Å². The van der Waals surface area contributed by atoms with Crippen LogP contribution in [0.2, 0.25) is 0 Å². The number of hydrogen-bond acceptors (Lipinski definition) is 5. The van der Waals surface area contributed by atoms with E-state index >= 15 is 0 Å². The summed E-state index contributed by atoms with van der Waals surface area (Å²) in [4.78, 5) is 3.80. The van der Waals surface area contributed by atoms with E-state index in [2.05, 4.69) is 4.98 Å². The predicted octanol–water partition coefficient (Wildman–Crippen LogP) is 0.0987. The van der Waals surface area contributed by atoms with E-state index in [1.54, 1.807) is 0 Å². The molecule has 18 heavy (non-hydrogen) atoms. The van der Waals surface area contributed by atoms with Gasteiger partial charge in [-0.25, -0.2) is 13.4 Å². The Morgan fingerprint density at radius 3 is 2.83 bits per heavy atom. The van der Waals surface area contributed by atoms with Crippen LogP contribution in [-0.4, -0.2) is 42.0 Å². The summed E-state index contributed by atoms with van der Waals surface area (Å²) in [6.07, 6.45) is 1.83. The van der Waals surface area contributed by atoms with Gasteiger partial charge in [-0.1, -0.05) is 0 Å². The smallest absolute Gasteiger partial charge is 0.244 e. The molecule has 2 rings (SSSR count). The van der Waals surface area contributed by atoms with E-state index in [9.17, 15) is 13.5 Å². The highest BCUT2D eigenvalue weighted by Crippen LogP contribution is 2.20. The standard InChI is InChI=1S/C11H13N3O3S/c12-6-9-3-4-11(7-13-9)18(16,17)14-5-1-2-10(15)8-14/h3-4,7,10,15H,1-2,5,8H2/t10-/m0/s1. The van der Waals surface area contributed by atoms with E-state index in [0.29, 0.717) is 19.4 Å². The van der Waals surface area contributed by atoms with Crippen LogP contribution < -0.4 is 0 Å². The van der Waals surface area contributed by atoms with Gasteiger partial charge in [0.05, 0.1) is 6.10 Å². The van der Waals surface area contributed by atoms with Gasteiger partial charge in [-0.05, 0) is 25.0 Å². The number of hydrogen-bond donors (Lipinski definition) is 1. The zero-order valence-corrected chi connectivity index (χ0v) is 10.5. The average molecular weight is 267 g/mol. The normalized spacial score (nSPS) is 21.4. The number of pyridine rings is 1. The van der Waals surface area contributed by atoms with Gasteiger partial charge in [0.25, 0.3) is 0 Å². The van der Waals surface area contributed by atoms with Gasteiger partial charge >= 0.3 is 0 Å². The number of rotatable bonds is 2. The lowest BCUT2D eigenvalue weighted by molar-refractivity contribution is 0.108. The van der Waals surface area contributed by atoms with Gasteiger partial charge in [0.2, 0.25) is 10.0 Å². The molecule has 0 aliphatic carbocycles. The highest BCUT2D eigenvalue weighted by molar-refractivity contribution is 7.89. The zero-order valence-electron chi connectivity index (χ0n) is 9.65. The predicted molar refractivity (Wildman–Crippen MR) is 63.0 cm³/mol. The van der Waals surface area contributed by atoms with E-state index in [1.165, 1.54) is 22.6 Å². The summed E-state index contributed by atoms with van der Waals surface area (Å²) < 4.78 is 25.7. The molecule has 1 atom stereocenters. The summed E-state index contributed by atoms with van der Waals surface area (Å²) in [6.45, 7) is 0.516. The fraction of sp³-hybridized carbons (Fsp3) is 0.455. The van der Waals surface area contributed by atoms with Gasteiger partial charge in [-0.3, -0.25) is 0 Å². The maximum absolute atomic E-state index is 12.2. The molecule has 1 fully saturated rings. The van der Waals surface area contributed by atoms with Crippen LogP contribution in [-0.2, 0) is 10.0 Å². The van der Waals surface area contributed by atoms with Crippen LogP contribution in [0.25, 0.3) is 0 Å². The molecule has 0 bridgehead atoms. The molecule has 6 nitrogen and oxygen atoms in total. The third-order valence-electron chi connectivity index (χ3n) is 2.85. The van der Waals surface area contributed by atoms with Crippen LogP contribution >= 0.6 is 0 Å². The lowest BCUT2D eigenvalue weighted by Crippen LogP contribution is -2.42. The van der Waals surface area contributed by atoms with E-state index in [4.69, 9.17) is 5.26 Å². The molecule has 0 radical (unpaired) electrons. The summed E-state index contributed by atoms with van der Waals surface area (Å²) in [5.74, 6) is 0. The van der Waals surface area contributed by atoms with Crippen molar-refractivity contribution in [2.24, 2.45) is 0 Å². The minimum atomic E-state index is -3.62. The van der Waals surface area contributed by atoms with Crippen molar-refractivity contribution in [1.29, 1.82) is 5.26 Å². The number of nitrogens with zero attached hydrogens (tertiary/aromatic N) is 3. The van der Waals surface area contributed by atoms with Crippen LogP contribution in [0, 0.1) is 11.3 Å².